The number of aryl methyl sites for hydroxylation is 2. The number of pyridine rings is 1. The fourth-order valence-corrected chi connectivity index (χ4v) is 8.23. The molecule has 8 heteroatoms. The van der Waals surface area contributed by atoms with E-state index in [0.717, 1.165) is 70.7 Å². The maximum atomic E-state index is 5.54. The van der Waals surface area contributed by atoms with Gasteiger partial charge in [0.15, 0.2) is 11.5 Å². The van der Waals surface area contributed by atoms with Gasteiger partial charge >= 0.3 is 0 Å². The van der Waals surface area contributed by atoms with Gasteiger partial charge in [-0.1, -0.05) is 92.7 Å². The Kier molecular flexibility index (Phi) is 9.24. The summed E-state index contributed by atoms with van der Waals surface area (Å²) in [4.78, 5) is 14.0. The first-order chi connectivity index (χ1) is 27.2. The third kappa shape index (κ3) is 6.37. The van der Waals surface area contributed by atoms with Crippen molar-refractivity contribution < 1.29 is 14.2 Å². The third-order valence-electron chi connectivity index (χ3n) is 10.8. The molecule has 5 aromatic carbocycles. The predicted octanol–water partition coefficient (Wildman–Crippen LogP) is 10.6. The monoisotopic (exact) mass is 725 g/mol. The summed E-state index contributed by atoms with van der Waals surface area (Å²) in [7, 11) is 1.66. The lowest BCUT2D eigenvalue weighted by atomic mass is 10.0. The number of hydrogen-bond acceptors (Lipinski definition) is 6. The summed E-state index contributed by atoms with van der Waals surface area (Å²) >= 11 is 0. The minimum absolute atomic E-state index is 0.298. The van der Waals surface area contributed by atoms with Gasteiger partial charge in [0.1, 0.15) is 17.4 Å². The molecule has 0 amide bonds. The molecular weight excluding hydrogens is 683 g/mol. The van der Waals surface area contributed by atoms with E-state index in [4.69, 9.17) is 24.2 Å². The quantitative estimate of drug-likeness (QED) is 0.176. The average molecular weight is 726 g/mol. The van der Waals surface area contributed by atoms with Crippen LogP contribution in [-0.2, 0) is 12.8 Å². The lowest BCUT2D eigenvalue weighted by Gasteiger charge is -2.15. The zero-order valence-corrected chi connectivity index (χ0v) is 31.4. The SMILES string of the molecule is CC.COc1cncc(-c2ccc3nc4n(c3c2)C(c2ccccc2)CC4)c1.c1ccc(C2CCc3nc4ccc(-c5ccc6c(c5)OCO6)cc4n32)cc1. The van der Waals surface area contributed by atoms with Gasteiger partial charge in [0.05, 0.1) is 47.5 Å². The normalized spacial score (nSPS) is 16.2. The molecule has 0 spiro atoms. The Morgan fingerprint density at radius 2 is 1.09 bits per heavy atom. The van der Waals surface area contributed by atoms with Gasteiger partial charge in [-0.25, -0.2) is 9.97 Å². The fraction of sp³-hybridized carbons (Fsp3) is 0.213. The second kappa shape index (κ2) is 14.8. The molecule has 11 rings (SSSR count). The van der Waals surface area contributed by atoms with E-state index >= 15 is 0 Å². The van der Waals surface area contributed by atoms with Crippen LogP contribution in [-0.4, -0.2) is 38.0 Å². The van der Waals surface area contributed by atoms with Crippen LogP contribution in [0.25, 0.3) is 44.3 Å². The number of methoxy groups -OCH3 is 1. The number of benzene rings is 5. The molecule has 0 N–H and O–H groups in total. The molecule has 6 heterocycles. The van der Waals surface area contributed by atoms with E-state index in [0.29, 0.717) is 18.9 Å². The molecule has 274 valence electrons. The summed E-state index contributed by atoms with van der Waals surface area (Å²) in [6, 6.07) is 43.3. The van der Waals surface area contributed by atoms with Crippen LogP contribution in [0.4, 0.5) is 0 Å². The largest absolute Gasteiger partial charge is 0.495 e. The lowest BCUT2D eigenvalue weighted by Crippen LogP contribution is -2.05. The molecule has 0 saturated carbocycles. The first-order valence-corrected chi connectivity index (χ1v) is 19.2. The Balaban J connectivity index is 0.000000138. The highest BCUT2D eigenvalue weighted by atomic mass is 16.7. The average Bonchev–Trinajstić information content (AvgIpc) is 4.09. The molecule has 8 nitrogen and oxygen atoms in total. The number of hydrogen-bond donors (Lipinski definition) is 0. The summed E-state index contributed by atoms with van der Waals surface area (Å²) in [5.74, 6) is 4.75. The number of imidazole rings is 2. The summed E-state index contributed by atoms with van der Waals surface area (Å²) < 4.78 is 21.1. The molecule has 8 aromatic rings. The molecule has 0 aliphatic carbocycles. The first kappa shape index (κ1) is 34.4. The van der Waals surface area contributed by atoms with Crippen molar-refractivity contribution in [3.8, 4) is 39.5 Å². The zero-order valence-electron chi connectivity index (χ0n) is 31.4. The third-order valence-corrected chi connectivity index (χ3v) is 10.8. The van der Waals surface area contributed by atoms with Crippen molar-refractivity contribution in [2.75, 3.05) is 13.9 Å². The predicted molar refractivity (Wildman–Crippen MR) is 218 cm³/mol. The number of rotatable bonds is 5. The maximum Gasteiger partial charge on any atom is 0.231 e. The van der Waals surface area contributed by atoms with Crippen molar-refractivity contribution in [2.45, 2.75) is 51.6 Å². The summed E-state index contributed by atoms with van der Waals surface area (Å²) in [5.41, 5.74) is 11.7. The van der Waals surface area contributed by atoms with Gasteiger partial charge in [-0.05, 0) is 83.1 Å². The standard InChI is InChI=1S/C23H18N2O2.C22H19N3O.C2H6/c1-2-4-15(5-3-1)19-9-11-23-24-18-8-6-16(12-20(18)25(19)23)17-7-10-21-22(13-17)27-14-26-21;1-26-18-11-17(13-23-14-18)16-7-8-19-21(12-16)25-20(9-10-22(25)24-19)15-5-3-2-4-6-15;1-2/h1-8,10,12-13,19H,9,11,14H2;2-8,11-14,20H,9-10H2,1H3;1-2H3. The van der Waals surface area contributed by atoms with Crippen LogP contribution in [0, 0.1) is 0 Å². The minimum atomic E-state index is 0.298. The van der Waals surface area contributed by atoms with Crippen molar-refractivity contribution in [1.82, 2.24) is 24.1 Å². The maximum absolute atomic E-state index is 5.54. The molecule has 0 bridgehead atoms. The van der Waals surface area contributed by atoms with Gasteiger partial charge in [0.25, 0.3) is 0 Å². The van der Waals surface area contributed by atoms with Gasteiger partial charge in [0.2, 0.25) is 6.79 Å². The molecule has 55 heavy (non-hydrogen) atoms. The second-order valence-corrected chi connectivity index (χ2v) is 13.8. The molecule has 0 saturated heterocycles. The lowest BCUT2D eigenvalue weighted by molar-refractivity contribution is 0.174. The Labute approximate surface area is 321 Å². The number of fused-ring (bicyclic) bond motifs is 7. The van der Waals surface area contributed by atoms with Crippen molar-refractivity contribution in [3.05, 3.63) is 156 Å². The number of ether oxygens (including phenoxy) is 3. The van der Waals surface area contributed by atoms with E-state index < -0.39 is 0 Å². The summed E-state index contributed by atoms with van der Waals surface area (Å²) in [6.07, 6.45) is 7.85. The van der Waals surface area contributed by atoms with Crippen LogP contribution in [0.3, 0.4) is 0 Å². The Hall–Kier alpha value is -6.41. The van der Waals surface area contributed by atoms with E-state index in [2.05, 4.69) is 123 Å². The summed E-state index contributed by atoms with van der Waals surface area (Å²) in [6.45, 7) is 4.30. The fourth-order valence-electron chi connectivity index (χ4n) is 8.23. The molecule has 3 aliphatic rings. The molecule has 2 unspecified atom stereocenters. The zero-order chi connectivity index (χ0) is 37.3. The number of nitrogens with zero attached hydrogens (tertiary/aromatic N) is 5. The van der Waals surface area contributed by atoms with Gasteiger partial charge < -0.3 is 23.3 Å². The van der Waals surface area contributed by atoms with Crippen molar-refractivity contribution >= 4 is 22.1 Å². The smallest absolute Gasteiger partial charge is 0.231 e. The molecule has 0 radical (unpaired) electrons. The van der Waals surface area contributed by atoms with Crippen molar-refractivity contribution in [2.24, 2.45) is 0 Å². The minimum Gasteiger partial charge on any atom is -0.495 e. The van der Waals surface area contributed by atoms with Crippen molar-refractivity contribution in [3.63, 3.8) is 0 Å². The van der Waals surface area contributed by atoms with Crippen LogP contribution in [0.15, 0.2) is 134 Å². The van der Waals surface area contributed by atoms with Crippen LogP contribution in [0.5, 0.6) is 17.2 Å². The Bertz CT molecular complexity index is 2610. The highest BCUT2D eigenvalue weighted by molar-refractivity contribution is 5.85. The Morgan fingerprint density at radius 1 is 0.564 bits per heavy atom. The topological polar surface area (TPSA) is 76.2 Å². The van der Waals surface area contributed by atoms with Crippen molar-refractivity contribution in [1.29, 1.82) is 0 Å². The van der Waals surface area contributed by atoms with Crippen LogP contribution in [0.1, 0.15) is 61.5 Å². The highest BCUT2D eigenvalue weighted by Gasteiger charge is 2.28. The first-order valence-electron chi connectivity index (χ1n) is 19.2. The van der Waals surface area contributed by atoms with E-state index in [1.165, 1.54) is 39.4 Å². The van der Waals surface area contributed by atoms with E-state index in [9.17, 15) is 0 Å². The summed E-state index contributed by atoms with van der Waals surface area (Å²) in [5, 5.41) is 0. The van der Waals surface area contributed by atoms with E-state index in [-0.39, 0.29) is 0 Å². The molecule has 3 aliphatic heterocycles. The van der Waals surface area contributed by atoms with Crippen LogP contribution >= 0.6 is 0 Å². The molecule has 2 atom stereocenters. The molecule has 0 fully saturated rings. The van der Waals surface area contributed by atoms with Gasteiger partial charge in [-0.15, -0.1) is 0 Å². The Morgan fingerprint density at radius 3 is 1.67 bits per heavy atom. The van der Waals surface area contributed by atoms with E-state index in [1.54, 1.807) is 13.3 Å². The second-order valence-electron chi connectivity index (χ2n) is 13.8. The number of aromatic nitrogens is 5. The van der Waals surface area contributed by atoms with Crippen LogP contribution in [0.2, 0.25) is 0 Å². The molecule has 3 aromatic heterocycles. The highest BCUT2D eigenvalue weighted by Crippen LogP contribution is 2.40. The van der Waals surface area contributed by atoms with Crippen LogP contribution < -0.4 is 14.2 Å². The van der Waals surface area contributed by atoms with Gasteiger partial charge in [0, 0.05) is 24.6 Å². The van der Waals surface area contributed by atoms with Gasteiger partial charge in [-0.2, -0.15) is 0 Å². The molecular formula is C47H43N5O3. The van der Waals surface area contributed by atoms with E-state index in [1.807, 2.05) is 32.2 Å². The van der Waals surface area contributed by atoms with Gasteiger partial charge in [-0.3, -0.25) is 4.98 Å².